The van der Waals surface area contributed by atoms with Crippen molar-refractivity contribution in [2.45, 2.75) is 32.8 Å². The molecule has 0 unspecified atom stereocenters. The van der Waals surface area contributed by atoms with Crippen molar-refractivity contribution in [3.8, 4) is 5.75 Å². The molecule has 1 aromatic rings. The zero-order valence-corrected chi connectivity index (χ0v) is 14.8. The summed E-state index contributed by atoms with van der Waals surface area (Å²) >= 11 is 2.05. The number of ether oxygens (including phenoxy) is 2. The standard InChI is InChI=1S/C15H18INO5/c1-15(2,3)22-14(18)6-4-5-9-21-13-10-11(17(19)20)7-8-12(13)16/h4,6-8,10H,5,9H2,1-3H3/b6-4+. The first-order chi connectivity index (χ1) is 10.2. The van der Waals surface area contributed by atoms with E-state index in [-0.39, 0.29) is 5.69 Å². The van der Waals surface area contributed by atoms with Crippen molar-refractivity contribution in [2.24, 2.45) is 0 Å². The maximum absolute atomic E-state index is 11.4. The van der Waals surface area contributed by atoms with Crippen LogP contribution in [0.25, 0.3) is 0 Å². The predicted molar refractivity (Wildman–Crippen MR) is 90.9 cm³/mol. The number of esters is 1. The minimum absolute atomic E-state index is 0.0142. The Kier molecular flexibility index (Phi) is 6.79. The molecule has 0 N–H and O–H groups in total. The Balaban J connectivity index is 2.46. The first-order valence-corrected chi connectivity index (χ1v) is 7.73. The summed E-state index contributed by atoms with van der Waals surface area (Å²) in [6.07, 6.45) is 3.50. The monoisotopic (exact) mass is 419 g/mol. The van der Waals surface area contributed by atoms with Crippen LogP contribution in [0.4, 0.5) is 5.69 Å². The van der Waals surface area contributed by atoms with E-state index >= 15 is 0 Å². The van der Waals surface area contributed by atoms with Gasteiger partial charge in [0.25, 0.3) is 5.69 Å². The highest BCUT2D eigenvalue weighted by molar-refractivity contribution is 14.1. The molecule has 0 radical (unpaired) electrons. The average molecular weight is 419 g/mol. The molecule has 0 heterocycles. The fourth-order valence-electron chi connectivity index (χ4n) is 1.47. The second kappa shape index (κ2) is 8.11. The van der Waals surface area contributed by atoms with Gasteiger partial charge in [0.15, 0.2) is 0 Å². The quantitative estimate of drug-likeness (QED) is 0.175. The number of carbonyl (C=O) groups is 1. The summed E-state index contributed by atoms with van der Waals surface area (Å²) in [5.41, 5.74) is -0.531. The normalized spacial score (nSPS) is 11.5. The molecule has 0 saturated carbocycles. The van der Waals surface area contributed by atoms with Crippen LogP contribution in [0, 0.1) is 13.7 Å². The fraction of sp³-hybridized carbons (Fsp3) is 0.400. The highest BCUT2D eigenvalue weighted by Gasteiger charge is 2.13. The summed E-state index contributed by atoms with van der Waals surface area (Å²) in [6.45, 7) is 5.71. The van der Waals surface area contributed by atoms with Gasteiger partial charge in [-0.2, -0.15) is 0 Å². The smallest absolute Gasteiger partial charge is 0.330 e. The van der Waals surface area contributed by atoms with E-state index in [2.05, 4.69) is 0 Å². The van der Waals surface area contributed by atoms with Gasteiger partial charge in [-0.15, -0.1) is 0 Å². The van der Waals surface area contributed by atoms with E-state index in [1.807, 2.05) is 22.6 Å². The Morgan fingerprint density at radius 1 is 1.41 bits per heavy atom. The number of carbonyl (C=O) groups excluding carboxylic acids is 1. The Labute approximate surface area is 142 Å². The van der Waals surface area contributed by atoms with E-state index in [0.717, 1.165) is 3.57 Å². The molecule has 1 rings (SSSR count). The van der Waals surface area contributed by atoms with E-state index < -0.39 is 16.5 Å². The predicted octanol–water partition coefficient (Wildman–Crippen LogP) is 3.87. The number of non-ortho nitro benzene ring substituents is 1. The molecule has 120 valence electrons. The van der Waals surface area contributed by atoms with Crippen LogP contribution in [0.3, 0.4) is 0 Å². The molecule has 0 aliphatic carbocycles. The van der Waals surface area contributed by atoms with Crippen LogP contribution in [0.1, 0.15) is 27.2 Å². The van der Waals surface area contributed by atoms with Gasteiger partial charge in [0.1, 0.15) is 11.4 Å². The number of hydrogen-bond donors (Lipinski definition) is 0. The number of nitro benzene ring substituents is 1. The molecule has 7 heteroatoms. The minimum Gasteiger partial charge on any atom is -0.492 e. The molecule has 0 bridgehead atoms. The molecule has 0 atom stereocenters. The van der Waals surface area contributed by atoms with E-state index in [0.29, 0.717) is 18.8 Å². The van der Waals surface area contributed by atoms with Gasteiger partial charge in [0, 0.05) is 12.1 Å². The molecular formula is C15H18INO5. The average Bonchev–Trinajstić information content (AvgIpc) is 2.37. The summed E-state index contributed by atoms with van der Waals surface area (Å²) < 4.78 is 11.4. The summed E-state index contributed by atoms with van der Waals surface area (Å²) in [7, 11) is 0. The third kappa shape index (κ3) is 6.88. The molecule has 0 fully saturated rings. The third-order valence-corrected chi connectivity index (χ3v) is 3.22. The zero-order valence-electron chi connectivity index (χ0n) is 12.7. The second-order valence-corrected chi connectivity index (χ2v) is 6.61. The van der Waals surface area contributed by atoms with Gasteiger partial charge in [-0.25, -0.2) is 4.79 Å². The van der Waals surface area contributed by atoms with Crippen LogP contribution in [0.15, 0.2) is 30.4 Å². The summed E-state index contributed by atoms with van der Waals surface area (Å²) in [5, 5.41) is 10.7. The number of rotatable bonds is 6. The molecule has 0 aromatic heterocycles. The first-order valence-electron chi connectivity index (χ1n) is 6.65. The zero-order chi connectivity index (χ0) is 16.8. The number of benzene rings is 1. The summed E-state index contributed by atoms with van der Waals surface area (Å²) in [4.78, 5) is 21.7. The van der Waals surface area contributed by atoms with E-state index in [4.69, 9.17) is 9.47 Å². The number of nitrogens with zero attached hydrogens (tertiary/aromatic N) is 1. The SMILES string of the molecule is CC(C)(C)OC(=O)/C=C/CCOc1cc([N+](=O)[O-])ccc1I. The van der Waals surface area contributed by atoms with Gasteiger partial charge in [-0.1, -0.05) is 6.08 Å². The molecule has 22 heavy (non-hydrogen) atoms. The van der Waals surface area contributed by atoms with Crippen molar-refractivity contribution in [3.05, 3.63) is 44.0 Å². The second-order valence-electron chi connectivity index (χ2n) is 5.44. The third-order valence-electron chi connectivity index (χ3n) is 2.33. The fourth-order valence-corrected chi connectivity index (χ4v) is 1.96. The lowest BCUT2D eigenvalue weighted by atomic mass is 10.2. The molecule has 1 aromatic carbocycles. The van der Waals surface area contributed by atoms with Gasteiger partial charge in [0.2, 0.25) is 0 Å². The largest absolute Gasteiger partial charge is 0.492 e. The van der Waals surface area contributed by atoms with Gasteiger partial charge < -0.3 is 9.47 Å². The van der Waals surface area contributed by atoms with Crippen LogP contribution in [0.2, 0.25) is 0 Å². The van der Waals surface area contributed by atoms with Gasteiger partial charge in [-0.05, 0) is 55.8 Å². The van der Waals surface area contributed by atoms with Gasteiger partial charge in [0.05, 0.1) is 21.2 Å². The maximum atomic E-state index is 11.4. The Morgan fingerprint density at radius 3 is 2.68 bits per heavy atom. The first kappa shape index (κ1) is 18.4. The number of nitro groups is 1. The molecule has 0 aliphatic heterocycles. The van der Waals surface area contributed by atoms with Crippen molar-refractivity contribution >= 4 is 34.2 Å². The van der Waals surface area contributed by atoms with Crippen LogP contribution in [-0.2, 0) is 9.53 Å². The Bertz CT molecular complexity index is 578. The van der Waals surface area contributed by atoms with Crippen LogP contribution in [0.5, 0.6) is 5.75 Å². The van der Waals surface area contributed by atoms with Crippen LogP contribution >= 0.6 is 22.6 Å². The number of hydrogen-bond acceptors (Lipinski definition) is 5. The molecule has 0 saturated heterocycles. The topological polar surface area (TPSA) is 78.7 Å². The number of halogens is 1. The highest BCUT2D eigenvalue weighted by atomic mass is 127. The van der Waals surface area contributed by atoms with E-state index in [9.17, 15) is 14.9 Å². The van der Waals surface area contributed by atoms with E-state index in [1.165, 1.54) is 18.2 Å². The molecule has 0 spiro atoms. The highest BCUT2D eigenvalue weighted by Crippen LogP contribution is 2.26. The van der Waals surface area contributed by atoms with Crippen molar-refractivity contribution < 1.29 is 19.2 Å². The molecule has 6 nitrogen and oxygen atoms in total. The summed E-state index contributed by atoms with van der Waals surface area (Å²) in [5.74, 6) is 0.0536. The maximum Gasteiger partial charge on any atom is 0.330 e. The van der Waals surface area contributed by atoms with Crippen molar-refractivity contribution in [2.75, 3.05) is 6.61 Å². The van der Waals surface area contributed by atoms with Gasteiger partial charge in [-0.3, -0.25) is 10.1 Å². The summed E-state index contributed by atoms with van der Waals surface area (Å²) in [6, 6.07) is 4.45. The lowest BCUT2D eigenvalue weighted by Gasteiger charge is -2.17. The Hall–Kier alpha value is -1.64. The van der Waals surface area contributed by atoms with Crippen LogP contribution in [-0.4, -0.2) is 23.1 Å². The van der Waals surface area contributed by atoms with Crippen LogP contribution < -0.4 is 4.74 Å². The Morgan fingerprint density at radius 2 is 2.09 bits per heavy atom. The molecule has 0 amide bonds. The lowest BCUT2D eigenvalue weighted by molar-refractivity contribution is -0.385. The van der Waals surface area contributed by atoms with Crippen molar-refractivity contribution in [3.63, 3.8) is 0 Å². The molecular weight excluding hydrogens is 401 g/mol. The van der Waals surface area contributed by atoms with Crippen molar-refractivity contribution in [1.29, 1.82) is 0 Å². The molecule has 0 aliphatic rings. The lowest BCUT2D eigenvalue weighted by Crippen LogP contribution is -2.22. The minimum atomic E-state index is -0.517. The van der Waals surface area contributed by atoms with E-state index in [1.54, 1.807) is 32.9 Å². The van der Waals surface area contributed by atoms with Gasteiger partial charge >= 0.3 is 5.97 Å². The van der Waals surface area contributed by atoms with Crippen molar-refractivity contribution in [1.82, 2.24) is 0 Å².